The molecule has 4 nitrogen and oxygen atoms in total. The molecule has 1 aromatic rings. The van der Waals surface area contributed by atoms with Crippen LogP contribution in [-0.4, -0.2) is 28.0 Å². The standard InChI is InChI=1S/C14H22BrN3O/c1-3-13-12(10-11(2)17-18-13)14(19)16-9-7-5-4-6-8-15/h10H,3-9H2,1-2H3,(H,16,19). The first kappa shape index (κ1) is 16.1. The molecule has 0 aliphatic carbocycles. The average Bonchev–Trinajstić information content (AvgIpc) is 2.42. The highest BCUT2D eigenvalue weighted by molar-refractivity contribution is 9.09. The minimum Gasteiger partial charge on any atom is -0.352 e. The number of hydrogen-bond acceptors (Lipinski definition) is 3. The number of aromatic nitrogens is 2. The van der Waals surface area contributed by atoms with Crippen molar-refractivity contribution in [1.29, 1.82) is 0 Å². The molecule has 0 radical (unpaired) electrons. The minimum atomic E-state index is -0.0321. The van der Waals surface area contributed by atoms with E-state index in [0.29, 0.717) is 5.56 Å². The monoisotopic (exact) mass is 327 g/mol. The summed E-state index contributed by atoms with van der Waals surface area (Å²) in [5.41, 5.74) is 2.21. The van der Waals surface area contributed by atoms with Gasteiger partial charge in [0, 0.05) is 11.9 Å². The average molecular weight is 328 g/mol. The number of carbonyl (C=O) groups is 1. The Labute approximate surface area is 123 Å². The summed E-state index contributed by atoms with van der Waals surface area (Å²) in [6.45, 7) is 4.56. The molecule has 0 saturated heterocycles. The summed E-state index contributed by atoms with van der Waals surface area (Å²) in [7, 11) is 0. The van der Waals surface area contributed by atoms with Crippen molar-refractivity contribution in [3.05, 3.63) is 23.0 Å². The highest BCUT2D eigenvalue weighted by atomic mass is 79.9. The lowest BCUT2D eigenvalue weighted by atomic mass is 10.1. The van der Waals surface area contributed by atoms with Crippen molar-refractivity contribution in [3.63, 3.8) is 0 Å². The number of alkyl halides is 1. The third-order valence-electron chi connectivity index (χ3n) is 2.92. The summed E-state index contributed by atoms with van der Waals surface area (Å²) < 4.78 is 0. The van der Waals surface area contributed by atoms with Crippen molar-refractivity contribution in [1.82, 2.24) is 15.5 Å². The van der Waals surface area contributed by atoms with E-state index in [4.69, 9.17) is 0 Å². The molecule has 19 heavy (non-hydrogen) atoms. The Kier molecular flexibility index (Phi) is 7.63. The van der Waals surface area contributed by atoms with Crippen molar-refractivity contribution in [3.8, 4) is 0 Å². The highest BCUT2D eigenvalue weighted by Crippen LogP contribution is 2.07. The number of aryl methyl sites for hydroxylation is 2. The topological polar surface area (TPSA) is 54.9 Å². The zero-order chi connectivity index (χ0) is 14.1. The Bertz CT molecular complexity index is 410. The van der Waals surface area contributed by atoms with Crippen molar-refractivity contribution < 1.29 is 4.79 Å². The molecule has 106 valence electrons. The van der Waals surface area contributed by atoms with Gasteiger partial charge in [0.1, 0.15) is 0 Å². The van der Waals surface area contributed by atoms with E-state index < -0.39 is 0 Å². The summed E-state index contributed by atoms with van der Waals surface area (Å²) >= 11 is 3.41. The van der Waals surface area contributed by atoms with Crippen LogP contribution < -0.4 is 5.32 Å². The molecule has 1 amide bonds. The lowest BCUT2D eigenvalue weighted by Crippen LogP contribution is -2.26. The predicted molar refractivity (Wildman–Crippen MR) is 80.7 cm³/mol. The molecule has 1 rings (SSSR count). The van der Waals surface area contributed by atoms with Gasteiger partial charge in [-0.3, -0.25) is 4.79 Å². The molecule has 0 fully saturated rings. The zero-order valence-corrected chi connectivity index (χ0v) is 13.3. The molecule has 0 bridgehead atoms. The lowest BCUT2D eigenvalue weighted by Gasteiger charge is -2.08. The van der Waals surface area contributed by atoms with Crippen LogP contribution in [0.2, 0.25) is 0 Å². The maximum atomic E-state index is 12.1. The SMILES string of the molecule is CCc1nnc(C)cc1C(=O)NCCCCCCBr. The van der Waals surface area contributed by atoms with Gasteiger partial charge in [-0.25, -0.2) is 0 Å². The number of hydrogen-bond donors (Lipinski definition) is 1. The molecule has 5 heteroatoms. The van der Waals surface area contributed by atoms with Gasteiger partial charge in [0.05, 0.1) is 17.0 Å². The third-order valence-corrected chi connectivity index (χ3v) is 3.48. The normalized spacial score (nSPS) is 10.5. The van der Waals surface area contributed by atoms with Gasteiger partial charge in [0.2, 0.25) is 0 Å². The molecule has 0 unspecified atom stereocenters. The van der Waals surface area contributed by atoms with E-state index in [1.54, 1.807) is 0 Å². The number of carbonyl (C=O) groups excluding carboxylic acids is 1. The molecule has 0 aliphatic rings. The van der Waals surface area contributed by atoms with Crippen LogP contribution in [0, 0.1) is 6.92 Å². The number of halogens is 1. The van der Waals surface area contributed by atoms with E-state index in [9.17, 15) is 4.79 Å². The second-order valence-corrected chi connectivity index (χ2v) is 5.35. The number of rotatable bonds is 8. The van der Waals surface area contributed by atoms with Crippen molar-refractivity contribution >= 4 is 21.8 Å². The Hall–Kier alpha value is -0.970. The van der Waals surface area contributed by atoms with E-state index in [1.807, 2.05) is 19.9 Å². The molecule has 0 spiro atoms. The van der Waals surface area contributed by atoms with Crippen LogP contribution in [0.3, 0.4) is 0 Å². The molecule has 0 aromatic carbocycles. The second kappa shape index (κ2) is 9.02. The van der Waals surface area contributed by atoms with Gasteiger partial charge in [0.15, 0.2) is 0 Å². The lowest BCUT2D eigenvalue weighted by molar-refractivity contribution is 0.0951. The zero-order valence-electron chi connectivity index (χ0n) is 11.7. The van der Waals surface area contributed by atoms with Gasteiger partial charge in [-0.2, -0.15) is 10.2 Å². The van der Waals surface area contributed by atoms with Crippen LogP contribution in [0.4, 0.5) is 0 Å². The van der Waals surface area contributed by atoms with Crippen LogP contribution in [0.5, 0.6) is 0 Å². The summed E-state index contributed by atoms with van der Waals surface area (Å²) in [6, 6.07) is 1.81. The molecule has 1 N–H and O–H groups in total. The number of amides is 1. The van der Waals surface area contributed by atoms with Crippen LogP contribution in [0.25, 0.3) is 0 Å². The van der Waals surface area contributed by atoms with Crippen LogP contribution in [0.15, 0.2) is 6.07 Å². The molecule has 0 atom stereocenters. The first-order valence-corrected chi connectivity index (χ1v) is 7.98. The Morgan fingerprint density at radius 1 is 1.26 bits per heavy atom. The van der Waals surface area contributed by atoms with Gasteiger partial charge < -0.3 is 5.32 Å². The fourth-order valence-electron chi connectivity index (χ4n) is 1.84. The van der Waals surface area contributed by atoms with E-state index in [2.05, 4.69) is 31.4 Å². The first-order valence-electron chi connectivity index (χ1n) is 6.86. The van der Waals surface area contributed by atoms with Gasteiger partial charge in [-0.05, 0) is 32.3 Å². The third kappa shape index (κ3) is 5.68. The number of nitrogens with zero attached hydrogens (tertiary/aromatic N) is 2. The second-order valence-electron chi connectivity index (χ2n) is 4.56. The number of nitrogens with one attached hydrogen (secondary N) is 1. The van der Waals surface area contributed by atoms with Gasteiger partial charge >= 0.3 is 0 Å². The quantitative estimate of drug-likeness (QED) is 0.589. The Balaban J connectivity index is 2.43. The minimum absolute atomic E-state index is 0.0321. The fourth-order valence-corrected chi connectivity index (χ4v) is 2.24. The largest absolute Gasteiger partial charge is 0.352 e. The summed E-state index contributed by atoms with van der Waals surface area (Å²) in [6.07, 6.45) is 5.30. The van der Waals surface area contributed by atoms with Crippen molar-refractivity contribution in [2.24, 2.45) is 0 Å². The van der Waals surface area contributed by atoms with Crippen LogP contribution >= 0.6 is 15.9 Å². The van der Waals surface area contributed by atoms with Crippen molar-refractivity contribution in [2.45, 2.75) is 46.0 Å². The summed E-state index contributed by atoms with van der Waals surface area (Å²) in [4.78, 5) is 12.1. The van der Waals surface area contributed by atoms with Gasteiger partial charge in [-0.15, -0.1) is 0 Å². The molecular weight excluding hydrogens is 306 g/mol. The highest BCUT2D eigenvalue weighted by Gasteiger charge is 2.12. The Morgan fingerprint density at radius 2 is 2.00 bits per heavy atom. The Morgan fingerprint density at radius 3 is 2.68 bits per heavy atom. The summed E-state index contributed by atoms with van der Waals surface area (Å²) in [5, 5.41) is 12.1. The van der Waals surface area contributed by atoms with Crippen molar-refractivity contribution in [2.75, 3.05) is 11.9 Å². The molecule has 1 heterocycles. The summed E-state index contributed by atoms with van der Waals surface area (Å²) in [5.74, 6) is -0.0321. The van der Waals surface area contributed by atoms with Gasteiger partial charge in [0.25, 0.3) is 5.91 Å². The van der Waals surface area contributed by atoms with Gasteiger partial charge in [-0.1, -0.05) is 35.7 Å². The van der Waals surface area contributed by atoms with E-state index in [1.165, 1.54) is 12.8 Å². The maximum absolute atomic E-state index is 12.1. The fraction of sp³-hybridized carbons (Fsp3) is 0.643. The first-order chi connectivity index (χ1) is 9.19. The number of unbranched alkanes of at least 4 members (excludes halogenated alkanes) is 3. The maximum Gasteiger partial charge on any atom is 0.253 e. The van der Waals surface area contributed by atoms with E-state index in [0.717, 1.165) is 42.5 Å². The smallest absolute Gasteiger partial charge is 0.253 e. The molecule has 0 saturated carbocycles. The van der Waals surface area contributed by atoms with Crippen LogP contribution in [-0.2, 0) is 6.42 Å². The molecular formula is C14H22BrN3O. The van der Waals surface area contributed by atoms with E-state index in [-0.39, 0.29) is 5.91 Å². The van der Waals surface area contributed by atoms with E-state index >= 15 is 0 Å². The molecule has 1 aromatic heterocycles. The molecule has 0 aliphatic heterocycles. The predicted octanol–water partition coefficient (Wildman–Crippen LogP) is 3.03. The van der Waals surface area contributed by atoms with Crippen LogP contribution in [0.1, 0.15) is 54.4 Å².